The number of alkyl halides is 3. The number of carbonyl (C=O) groups excluding carboxylic acids is 1. The van der Waals surface area contributed by atoms with Crippen molar-refractivity contribution in [3.8, 4) is 0 Å². The van der Waals surface area contributed by atoms with E-state index in [9.17, 15) is 18.0 Å². The fraction of sp³-hybridized carbons (Fsp3) is 0.650. The molecule has 6 nitrogen and oxygen atoms in total. The summed E-state index contributed by atoms with van der Waals surface area (Å²) in [7, 11) is 0. The van der Waals surface area contributed by atoms with Crippen LogP contribution in [0.1, 0.15) is 17.5 Å². The number of amides is 2. The highest BCUT2D eigenvalue weighted by Gasteiger charge is 2.31. The number of nitrogens with zero attached hydrogens (tertiary/aromatic N) is 3. The van der Waals surface area contributed by atoms with Gasteiger partial charge in [0.2, 0.25) is 0 Å². The van der Waals surface area contributed by atoms with E-state index < -0.39 is 12.7 Å². The maximum absolute atomic E-state index is 12.6. The van der Waals surface area contributed by atoms with Crippen molar-refractivity contribution in [3.05, 3.63) is 35.4 Å². The molecule has 0 aliphatic carbocycles. The van der Waals surface area contributed by atoms with Gasteiger partial charge in [-0.1, -0.05) is 24.3 Å². The Morgan fingerprint density at radius 3 is 2.31 bits per heavy atom. The zero-order valence-electron chi connectivity index (χ0n) is 16.6. The number of rotatable bonds is 5. The molecule has 0 aromatic heterocycles. The van der Waals surface area contributed by atoms with Crippen molar-refractivity contribution in [3.63, 3.8) is 0 Å². The normalized spacial score (nSPS) is 19.8. The van der Waals surface area contributed by atoms with Gasteiger partial charge in [0, 0.05) is 52.4 Å². The van der Waals surface area contributed by atoms with E-state index in [1.165, 1.54) is 10.5 Å². The molecule has 0 bridgehead atoms. The molecule has 2 fully saturated rings. The Balaban J connectivity index is 1.41. The van der Waals surface area contributed by atoms with E-state index in [1.807, 2.05) is 12.1 Å². The van der Waals surface area contributed by atoms with Crippen LogP contribution in [0.5, 0.6) is 0 Å². The zero-order chi connectivity index (χ0) is 20.7. The second-order valence-corrected chi connectivity index (χ2v) is 7.60. The standard InChI is InChI=1S/C20H29F3N4O2/c21-20(22,23)16-26-6-1-7-27(9-8-26)19(28)24-14-17-2-4-18(5-3-17)15-25-10-12-29-13-11-25/h2-5H,1,6-16H2,(H,24,28). The minimum Gasteiger partial charge on any atom is -0.379 e. The Kier molecular flexibility index (Phi) is 7.74. The van der Waals surface area contributed by atoms with Crippen molar-refractivity contribution in [2.45, 2.75) is 25.7 Å². The van der Waals surface area contributed by atoms with Gasteiger partial charge in [-0.25, -0.2) is 4.79 Å². The van der Waals surface area contributed by atoms with Crippen molar-refractivity contribution < 1.29 is 22.7 Å². The first-order valence-electron chi connectivity index (χ1n) is 10.1. The molecule has 0 unspecified atom stereocenters. The molecule has 162 valence electrons. The number of hydrogen-bond donors (Lipinski definition) is 1. The summed E-state index contributed by atoms with van der Waals surface area (Å²) in [4.78, 5) is 17.7. The molecule has 0 saturated carbocycles. The van der Waals surface area contributed by atoms with Gasteiger partial charge in [0.25, 0.3) is 0 Å². The second kappa shape index (κ2) is 10.3. The lowest BCUT2D eigenvalue weighted by molar-refractivity contribution is -0.145. The van der Waals surface area contributed by atoms with Crippen LogP contribution in [-0.4, -0.2) is 85.9 Å². The van der Waals surface area contributed by atoms with E-state index in [2.05, 4.69) is 22.3 Å². The van der Waals surface area contributed by atoms with Crippen molar-refractivity contribution in [1.82, 2.24) is 20.0 Å². The van der Waals surface area contributed by atoms with Gasteiger partial charge in [-0.05, 0) is 17.5 Å². The van der Waals surface area contributed by atoms with Crippen LogP contribution in [0.4, 0.5) is 18.0 Å². The molecule has 2 aliphatic heterocycles. The number of halogens is 3. The summed E-state index contributed by atoms with van der Waals surface area (Å²) < 4.78 is 43.0. The second-order valence-electron chi connectivity index (χ2n) is 7.60. The highest BCUT2D eigenvalue weighted by atomic mass is 19.4. The van der Waals surface area contributed by atoms with Crippen LogP contribution >= 0.6 is 0 Å². The molecule has 9 heteroatoms. The van der Waals surface area contributed by atoms with Gasteiger partial charge in [-0.2, -0.15) is 13.2 Å². The maximum Gasteiger partial charge on any atom is 0.401 e. The van der Waals surface area contributed by atoms with Crippen molar-refractivity contribution in [1.29, 1.82) is 0 Å². The molecule has 2 saturated heterocycles. The van der Waals surface area contributed by atoms with Gasteiger partial charge < -0.3 is 15.0 Å². The number of ether oxygens (including phenoxy) is 1. The van der Waals surface area contributed by atoms with Gasteiger partial charge in [0.1, 0.15) is 0 Å². The summed E-state index contributed by atoms with van der Waals surface area (Å²) in [6.45, 7) is 5.16. The molecule has 0 spiro atoms. The van der Waals surface area contributed by atoms with Gasteiger partial charge in [0.05, 0.1) is 19.8 Å². The lowest BCUT2D eigenvalue weighted by Gasteiger charge is -2.26. The fourth-order valence-corrected chi connectivity index (χ4v) is 3.66. The topological polar surface area (TPSA) is 48.1 Å². The van der Waals surface area contributed by atoms with Crippen LogP contribution in [0, 0.1) is 0 Å². The number of hydrogen-bond acceptors (Lipinski definition) is 4. The number of benzene rings is 1. The van der Waals surface area contributed by atoms with Crippen molar-refractivity contribution in [2.75, 3.05) is 59.0 Å². The quantitative estimate of drug-likeness (QED) is 0.803. The number of carbonyl (C=O) groups is 1. The van der Waals surface area contributed by atoms with Crippen molar-refractivity contribution in [2.24, 2.45) is 0 Å². The minimum atomic E-state index is -4.20. The molecular weight excluding hydrogens is 385 g/mol. The largest absolute Gasteiger partial charge is 0.401 e. The van der Waals surface area contributed by atoms with Crippen LogP contribution in [0.3, 0.4) is 0 Å². The third kappa shape index (κ3) is 7.49. The lowest BCUT2D eigenvalue weighted by atomic mass is 10.1. The number of urea groups is 1. The molecule has 2 amide bonds. The lowest BCUT2D eigenvalue weighted by Crippen LogP contribution is -2.42. The molecule has 3 rings (SSSR count). The summed E-state index contributed by atoms with van der Waals surface area (Å²) in [6, 6.07) is 7.92. The van der Waals surface area contributed by atoms with Crippen LogP contribution in [-0.2, 0) is 17.8 Å². The Labute approximate surface area is 169 Å². The predicted molar refractivity (Wildman–Crippen MR) is 103 cm³/mol. The van der Waals surface area contributed by atoms with E-state index in [0.717, 1.165) is 38.4 Å². The van der Waals surface area contributed by atoms with E-state index in [4.69, 9.17) is 4.74 Å². The predicted octanol–water partition coefficient (Wildman–Crippen LogP) is 2.30. The molecule has 29 heavy (non-hydrogen) atoms. The smallest absolute Gasteiger partial charge is 0.379 e. The summed E-state index contributed by atoms with van der Waals surface area (Å²) in [5.41, 5.74) is 2.22. The van der Waals surface area contributed by atoms with E-state index in [-0.39, 0.29) is 12.6 Å². The van der Waals surface area contributed by atoms with E-state index >= 15 is 0 Å². The Bertz CT molecular complexity index is 648. The fourth-order valence-electron chi connectivity index (χ4n) is 3.66. The SMILES string of the molecule is O=C(NCc1ccc(CN2CCOCC2)cc1)N1CCCN(CC(F)(F)F)CC1. The molecule has 2 heterocycles. The van der Waals surface area contributed by atoms with Crippen LogP contribution in [0.25, 0.3) is 0 Å². The van der Waals surface area contributed by atoms with Gasteiger partial charge in [-0.15, -0.1) is 0 Å². The third-order valence-electron chi connectivity index (χ3n) is 5.26. The Morgan fingerprint density at radius 2 is 1.62 bits per heavy atom. The molecule has 1 aromatic rings. The first kappa shape index (κ1) is 21.9. The van der Waals surface area contributed by atoms with Gasteiger partial charge in [-0.3, -0.25) is 9.80 Å². The average Bonchev–Trinajstić information content (AvgIpc) is 2.92. The van der Waals surface area contributed by atoms with Gasteiger partial charge in [0.15, 0.2) is 0 Å². The monoisotopic (exact) mass is 414 g/mol. The first-order chi connectivity index (χ1) is 13.9. The summed E-state index contributed by atoms with van der Waals surface area (Å²) in [5.74, 6) is 0. The average molecular weight is 414 g/mol. The zero-order valence-corrected chi connectivity index (χ0v) is 16.6. The Hall–Kier alpha value is -1.84. The first-order valence-corrected chi connectivity index (χ1v) is 10.1. The Morgan fingerprint density at radius 1 is 0.931 bits per heavy atom. The molecule has 0 radical (unpaired) electrons. The number of nitrogens with one attached hydrogen (secondary N) is 1. The minimum absolute atomic E-state index is 0.226. The molecule has 0 atom stereocenters. The van der Waals surface area contributed by atoms with Crippen LogP contribution in [0.15, 0.2) is 24.3 Å². The van der Waals surface area contributed by atoms with Crippen LogP contribution in [0.2, 0.25) is 0 Å². The van der Waals surface area contributed by atoms with Gasteiger partial charge >= 0.3 is 12.2 Å². The molecule has 1 N–H and O–H groups in total. The van der Waals surface area contributed by atoms with E-state index in [1.54, 1.807) is 4.90 Å². The summed E-state index contributed by atoms with van der Waals surface area (Å²) in [6.07, 6.45) is -3.66. The third-order valence-corrected chi connectivity index (χ3v) is 5.26. The van der Waals surface area contributed by atoms with Crippen LogP contribution < -0.4 is 5.32 Å². The summed E-state index contributed by atoms with van der Waals surface area (Å²) in [5, 5.41) is 2.88. The molecular formula is C20H29F3N4O2. The maximum atomic E-state index is 12.6. The highest BCUT2D eigenvalue weighted by molar-refractivity contribution is 5.74. The van der Waals surface area contributed by atoms with E-state index in [0.29, 0.717) is 32.6 Å². The molecule has 2 aliphatic rings. The summed E-state index contributed by atoms with van der Waals surface area (Å²) >= 11 is 0. The molecule has 1 aromatic carbocycles. The highest BCUT2D eigenvalue weighted by Crippen LogP contribution is 2.17. The van der Waals surface area contributed by atoms with Crippen molar-refractivity contribution >= 4 is 6.03 Å². The number of morpholine rings is 1.